The number of hydrogen-bond acceptors (Lipinski definition) is 10. The fourth-order valence-electron chi connectivity index (χ4n) is 4.17. The summed E-state index contributed by atoms with van der Waals surface area (Å²) >= 11 is 0. The van der Waals surface area contributed by atoms with E-state index in [9.17, 15) is 9.50 Å². The van der Waals surface area contributed by atoms with E-state index in [0.717, 1.165) is 16.7 Å². The van der Waals surface area contributed by atoms with E-state index in [4.69, 9.17) is 14.2 Å². The van der Waals surface area contributed by atoms with E-state index in [1.165, 1.54) is 6.92 Å². The molecule has 0 saturated carbocycles. The van der Waals surface area contributed by atoms with Crippen molar-refractivity contribution in [2.75, 3.05) is 24.9 Å². The van der Waals surface area contributed by atoms with E-state index >= 15 is 0 Å². The van der Waals surface area contributed by atoms with Crippen molar-refractivity contribution in [2.45, 2.75) is 65.6 Å². The fourth-order valence-corrected chi connectivity index (χ4v) is 4.17. The van der Waals surface area contributed by atoms with E-state index in [0.29, 0.717) is 47.8 Å². The molecule has 4 rings (SSSR count). The Balaban J connectivity index is 1.59. The van der Waals surface area contributed by atoms with Gasteiger partial charge in [0.15, 0.2) is 12.0 Å². The van der Waals surface area contributed by atoms with Crippen LogP contribution in [0.15, 0.2) is 48.9 Å². The van der Waals surface area contributed by atoms with Gasteiger partial charge in [0.25, 0.3) is 0 Å². The zero-order valence-electron chi connectivity index (χ0n) is 25.0. The number of aliphatic hydroxyl groups is 1. The standard InChI is InChI=1S/C30H38FN7O4/c1-18(2)42-25-11-26(33-15-23(25)21-14-34-38(16-21)17-30(4,5)39)35-28-12-27(36-29(37-28)19(3)31)32-13-20-8-9-22(40-6)10-24(20)41-7/h8-12,14-16,18-19,39H,13,17H2,1-7H3,(H2,32,33,35,36,37)/t19-/m0/s1. The summed E-state index contributed by atoms with van der Waals surface area (Å²) in [7, 11) is 3.18. The predicted octanol–water partition coefficient (Wildman–Crippen LogP) is 5.70. The van der Waals surface area contributed by atoms with Gasteiger partial charge in [-0.05, 0) is 46.8 Å². The summed E-state index contributed by atoms with van der Waals surface area (Å²) in [5.41, 5.74) is 1.51. The molecular formula is C30H38FN7O4. The number of methoxy groups -OCH3 is 2. The minimum Gasteiger partial charge on any atom is -0.497 e. The second-order valence-corrected chi connectivity index (χ2v) is 10.7. The van der Waals surface area contributed by atoms with Gasteiger partial charge in [0.2, 0.25) is 0 Å². The summed E-state index contributed by atoms with van der Waals surface area (Å²) < 4.78 is 32.9. The average Bonchev–Trinajstić information content (AvgIpc) is 3.38. The lowest BCUT2D eigenvalue weighted by molar-refractivity contribution is 0.0577. The Hall–Kier alpha value is -4.45. The monoisotopic (exact) mass is 579 g/mol. The van der Waals surface area contributed by atoms with Crippen LogP contribution in [0.3, 0.4) is 0 Å². The molecule has 0 fully saturated rings. The summed E-state index contributed by atoms with van der Waals surface area (Å²) in [6.45, 7) is 9.42. The molecule has 224 valence electrons. The van der Waals surface area contributed by atoms with Crippen LogP contribution in [0.25, 0.3) is 11.1 Å². The van der Waals surface area contributed by atoms with E-state index in [2.05, 4.69) is 30.7 Å². The molecule has 0 amide bonds. The molecule has 11 nitrogen and oxygen atoms in total. The maximum Gasteiger partial charge on any atom is 0.166 e. The van der Waals surface area contributed by atoms with Crippen LogP contribution in [0, 0.1) is 0 Å². The Labute approximate surface area is 245 Å². The molecule has 3 aromatic heterocycles. The molecule has 0 aliphatic heterocycles. The number of aromatic nitrogens is 5. The third-order valence-corrected chi connectivity index (χ3v) is 6.03. The highest BCUT2D eigenvalue weighted by atomic mass is 19.1. The van der Waals surface area contributed by atoms with Gasteiger partial charge in [-0.2, -0.15) is 5.10 Å². The van der Waals surface area contributed by atoms with Crippen LogP contribution >= 0.6 is 0 Å². The molecule has 0 radical (unpaired) electrons. The van der Waals surface area contributed by atoms with Crippen LogP contribution in [0.4, 0.5) is 21.8 Å². The van der Waals surface area contributed by atoms with Gasteiger partial charge in [0.1, 0.15) is 34.7 Å². The number of rotatable bonds is 13. The van der Waals surface area contributed by atoms with Crippen LogP contribution in [-0.4, -0.2) is 55.8 Å². The first-order valence-corrected chi connectivity index (χ1v) is 13.6. The Kier molecular flexibility index (Phi) is 9.46. The lowest BCUT2D eigenvalue weighted by atomic mass is 10.1. The van der Waals surface area contributed by atoms with Crippen LogP contribution in [0.1, 0.15) is 52.2 Å². The Bertz CT molecular complexity index is 1500. The van der Waals surface area contributed by atoms with Crippen LogP contribution in [0.2, 0.25) is 0 Å². The van der Waals surface area contributed by atoms with Crippen molar-refractivity contribution in [2.24, 2.45) is 0 Å². The maximum absolute atomic E-state index is 14.4. The highest BCUT2D eigenvalue weighted by molar-refractivity contribution is 5.71. The number of pyridine rings is 1. The molecular weight excluding hydrogens is 541 g/mol. The van der Waals surface area contributed by atoms with Crippen molar-refractivity contribution in [1.29, 1.82) is 0 Å². The minimum atomic E-state index is -1.39. The minimum absolute atomic E-state index is 0.0266. The number of halogens is 1. The van der Waals surface area contributed by atoms with E-state index in [1.807, 2.05) is 32.2 Å². The largest absolute Gasteiger partial charge is 0.497 e. The van der Waals surface area contributed by atoms with Gasteiger partial charge in [-0.25, -0.2) is 19.3 Å². The van der Waals surface area contributed by atoms with Crippen molar-refractivity contribution in [1.82, 2.24) is 24.7 Å². The first-order valence-electron chi connectivity index (χ1n) is 13.6. The van der Waals surface area contributed by atoms with E-state index in [-0.39, 0.29) is 11.9 Å². The third-order valence-electron chi connectivity index (χ3n) is 6.03. The average molecular weight is 580 g/mol. The van der Waals surface area contributed by atoms with Gasteiger partial charge >= 0.3 is 0 Å². The number of alkyl halides is 1. The smallest absolute Gasteiger partial charge is 0.166 e. The SMILES string of the molecule is COc1ccc(CNc2cc(Nc3cc(OC(C)C)c(-c4cnn(CC(C)(C)O)c4)cn3)nc([C@H](C)F)n2)c(OC)c1. The molecule has 42 heavy (non-hydrogen) atoms. The summed E-state index contributed by atoms with van der Waals surface area (Å²) in [5.74, 6) is 3.20. The van der Waals surface area contributed by atoms with Crippen LogP contribution in [-0.2, 0) is 13.1 Å². The Morgan fingerprint density at radius 2 is 1.74 bits per heavy atom. The summed E-state index contributed by atoms with van der Waals surface area (Å²) in [5, 5.41) is 20.9. The number of nitrogens with one attached hydrogen (secondary N) is 2. The predicted molar refractivity (Wildman–Crippen MR) is 159 cm³/mol. The number of anilines is 3. The molecule has 3 N–H and O–H groups in total. The first kappa shape index (κ1) is 30.5. The Morgan fingerprint density at radius 3 is 2.40 bits per heavy atom. The molecule has 0 spiro atoms. The topological polar surface area (TPSA) is 128 Å². The molecule has 0 saturated heterocycles. The second-order valence-electron chi connectivity index (χ2n) is 10.7. The third kappa shape index (κ3) is 8.06. The quantitative estimate of drug-likeness (QED) is 0.182. The van der Waals surface area contributed by atoms with Crippen molar-refractivity contribution in [3.8, 4) is 28.4 Å². The van der Waals surface area contributed by atoms with E-state index in [1.54, 1.807) is 63.3 Å². The number of hydrogen-bond donors (Lipinski definition) is 3. The van der Waals surface area contributed by atoms with Crippen LogP contribution < -0.4 is 24.8 Å². The van der Waals surface area contributed by atoms with Crippen molar-refractivity contribution in [3.05, 3.63) is 60.3 Å². The van der Waals surface area contributed by atoms with Gasteiger partial charge in [0, 0.05) is 53.8 Å². The van der Waals surface area contributed by atoms with Gasteiger partial charge in [-0.3, -0.25) is 4.68 Å². The van der Waals surface area contributed by atoms with Gasteiger partial charge in [-0.15, -0.1) is 0 Å². The lowest BCUT2D eigenvalue weighted by Gasteiger charge is -2.17. The second kappa shape index (κ2) is 13.0. The zero-order valence-corrected chi connectivity index (χ0v) is 25.0. The van der Waals surface area contributed by atoms with Crippen molar-refractivity contribution in [3.63, 3.8) is 0 Å². The highest BCUT2D eigenvalue weighted by Gasteiger charge is 2.18. The molecule has 12 heteroatoms. The molecule has 0 aliphatic carbocycles. The fraction of sp³-hybridized carbons (Fsp3) is 0.400. The highest BCUT2D eigenvalue weighted by Crippen LogP contribution is 2.33. The van der Waals surface area contributed by atoms with Crippen molar-refractivity contribution < 1.29 is 23.7 Å². The Morgan fingerprint density at radius 1 is 0.976 bits per heavy atom. The van der Waals surface area contributed by atoms with Gasteiger partial charge in [0.05, 0.1) is 38.7 Å². The lowest BCUT2D eigenvalue weighted by Crippen LogP contribution is -2.26. The summed E-state index contributed by atoms with van der Waals surface area (Å²) in [6.07, 6.45) is 3.73. The summed E-state index contributed by atoms with van der Waals surface area (Å²) in [4.78, 5) is 13.3. The molecule has 0 aliphatic rings. The summed E-state index contributed by atoms with van der Waals surface area (Å²) in [6, 6.07) is 8.97. The maximum atomic E-state index is 14.4. The molecule has 1 aromatic carbocycles. The molecule has 0 bridgehead atoms. The van der Waals surface area contributed by atoms with Gasteiger partial charge in [-0.1, -0.05) is 0 Å². The molecule has 1 atom stereocenters. The normalized spacial score (nSPS) is 12.2. The molecule has 0 unspecified atom stereocenters. The zero-order chi connectivity index (χ0) is 30.4. The number of nitrogens with zero attached hydrogens (tertiary/aromatic N) is 5. The number of ether oxygens (including phenoxy) is 3. The van der Waals surface area contributed by atoms with Crippen molar-refractivity contribution >= 4 is 17.5 Å². The first-order chi connectivity index (χ1) is 19.9. The molecule has 4 aromatic rings. The number of benzene rings is 1. The van der Waals surface area contributed by atoms with Gasteiger partial charge < -0.3 is 30.0 Å². The molecule has 3 heterocycles. The van der Waals surface area contributed by atoms with Crippen LogP contribution in [0.5, 0.6) is 17.2 Å². The van der Waals surface area contributed by atoms with E-state index < -0.39 is 11.8 Å².